The molecular formula is C14H13N3O2S. The van der Waals surface area contributed by atoms with E-state index in [4.69, 9.17) is 4.74 Å². The molecule has 1 N–H and O–H groups in total. The van der Waals surface area contributed by atoms with E-state index in [2.05, 4.69) is 5.32 Å². The first-order valence-corrected chi connectivity index (χ1v) is 7.16. The molecule has 102 valence electrons. The lowest BCUT2D eigenvalue weighted by atomic mass is 10.2. The van der Waals surface area contributed by atoms with Gasteiger partial charge in [0.2, 0.25) is 0 Å². The minimum absolute atomic E-state index is 0.174. The molecule has 0 saturated carbocycles. The van der Waals surface area contributed by atoms with Crippen LogP contribution in [0, 0.1) is 11.3 Å². The fraction of sp³-hybridized carbons (Fsp3) is 0.286. The summed E-state index contributed by atoms with van der Waals surface area (Å²) in [6, 6.07) is 9.80. The fourth-order valence-corrected chi connectivity index (χ4v) is 3.14. The molecule has 2 aliphatic rings. The number of nitrogens with one attached hydrogen (secondary N) is 1. The van der Waals surface area contributed by atoms with Crippen LogP contribution in [0.4, 0.5) is 5.69 Å². The molecule has 6 heteroatoms. The number of morpholine rings is 1. The van der Waals surface area contributed by atoms with E-state index in [0.29, 0.717) is 31.3 Å². The monoisotopic (exact) mass is 287 g/mol. The van der Waals surface area contributed by atoms with Crippen LogP contribution >= 0.6 is 11.8 Å². The lowest BCUT2D eigenvalue weighted by molar-refractivity contribution is -0.130. The van der Waals surface area contributed by atoms with Gasteiger partial charge in [-0.1, -0.05) is 23.9 Å². The Balaban J connectivity index is 1.86. The highest BCUT2D eigenvalue weighted by Gasteiger charge is 2.27. The van der Waals surface area contributed by atoms with E-state index < -0.39 is 0 Å². The summed E-state index contributed by atoms with van der Waals surface area (Å²) in [7, 11) is 0. The number of thioether (sulfide) groups is 1. The number of rotatable bonds is 1. The number of anilines is 1. The molecule has 0 unspecified atom stereocenters. The van der Waals surface area contributed by atoms with E-state index in [1.54, 1.807) is 4.90 Å². The average Bonchev–Trinajstić information content (AvgIpc) is 2.92. The standard InChI is InChI=1S/C14H13N3O2S/c15-9-10(14(18)17-5-7-19-8-6-17)13-16-11-3-1-2-4-12(11)20-13/h1-4,16H,5-8H2. The molecule has 0 spiro atoms. The summed E-state index contributed by atoms with van der Waals surface area (Å²) in [6.45, 7) is 2.13. The summed E-state index contributed by atoms with van der Waals surface area (Å²) in [4.78, 5) is 15.1. The van der Waals surface area contributed by atoms with Gasteiger partial charge < -0.3 is 15.0 Å². The Morgan fingerprint density at radius 3 is 2.80 bits per heavy atom. The lowest BCUT2D eigenvalue weighted by Gasteiger charge is -2.26. The third-order valence-corrected chi connectivity index (χ3v) is 4.28. The maximum absolute atomic E-state index is 12.4. The number of amides is 1. The normalized spacial score (nSPS) is 19.9. The summed E-state index contributed by atoms with van der Waals surface area (Å²) >= 11 is 1.43. The Morgan fingerprint density at radius 2 is 2.10 bits per heavy atom. The van der Waals surface area contributed by atoms with Crippen molar-refractivity contribution in [2.45, 2.75) is 4.90 Å². The van der Waals surface area contributed by atoms with Gasteiger partial charge in [0, 0.05) is 18.0 Å². The zero-order valence-electron chi connectivity index (χ0n) is 10.8. The van der Waals surface area contributed by atoms with Crippen molar-refractivity contribution in [1.29, 1.82) is 5.26 Å². The van der Waals surface area contributed by atoms with Gasteiger partial charge in [0.25, 0.3) is 5.91 Å². The lowest BCUT2D eigenvalue weighted by Crippen LogP contribution is -2.41. The third kappa shape index (κ3) is 2.38. The minimum atomic E-state index is -0.224. The topological polar surface area (TPSA) is 65.4 Å². The number of ether oxygens (including phenoxy) is 1. The second kappa shape index (κ2) is 5.57. The molecule has 20 heavy (non-hydrogen) atoms. The average molecular weight is 287 g/mol. The fourth-order valence-electron chi connectivity index (χ4n) is 2.15. The number of hydrogen-bond donors (Lipinski definition) is 1. The number of nitriles is 1. The van der Waals surface area contributed by atoms with E-state index in [0.717, 1.165) is 10.6 Å². The van der Waals surface area contributed by atoms with Gasteiger partial charge in [-0.05, 0) is 12.1 Å². The van der Waals surface area contributed by atoms with Crippen molar-refractivity contribution in [3.63, 3.8) is 0 Å². The molecule has 3 rings (SSSR count). The second-order valence-electron chi connectivity index (χ2n) is 4.44. The molecule has 1 aromatic carbocycles. The van der Waals surface area contributed by atoms with Crippen LogP contribution in [0.1, 0.15) is 0 Å². The molecule has 5 nitrogen and oxygen atoms in total. The van der Waals surface area contributed by atoms with Crippen LogP contribution in [-0.2, 0) is 9.53 Å². The van der Waals surface area contributed by atoms with Crippen molar-refractivity contribution in [3.8, 4) is 6.07 Å². The van der Waals surface area contributed by atoms with Crippen molar-refractivity contribution in [1.82, 2.24) is 4.90 Å². The Hall–Kier alpha value is -1.97. The van der Waals surface area contributed by atoms with Gasteiger partial charge in [-0.3, -0.25) is 4.79 Å². The van der Waals surface area contributed by atoms with Gasteiger partial charge in [-0.15, -0.1) is 0 Å². The van der Waals surface area contributed by atoms with Gasteiger partial charge in [-0.25, -0.2) is 0 Å². The molecule has 0 bridgehead atoms. The van der Waals surface area contributed by atoms with Gasteiger partial charge in [0.15, 0.2) is 0 Å². The minimum Gasteiger partial charge on any atom is -0.378 e. The molecular weight excluding hydrogens is 274 g/mol. The number of carbonyl (C=O) groups is 1. The molecule has 1 aromatic rings. The molecule has 2 heterocycles. The molecule has 0 radical (unpaired) electrons. The number of carbonyl (C=O) groups excluding carboxylic acids is 1. The summed E-state index contributed by atoms with van der Waals surface area (Å²) in [5, 5.41) is 13.1. The van der Waals surface area contributed by atoms with Gasteiger partial charge in [0.1, 0.15) is 16.7 Å². The van der Waals surface area contributed by atoms with E-state index in [1.165, 1.54) is 11.8 Å². The first kappa shape index (κ1) is 13.0. The van der Waals surface area contributed by atoms with Crippen molar-refractivity contribution < 1.29 is 9.53 Å². The van der Waals surface area contributed by atoms with Crippen LogP contribution in [0.3, 0.4) is 0 Å². The predicted octanol–water partition coefficient (Wildman–Crippen LogP) is 1.80. The van der Waals surface area contributed by atoms with E-state index >= 15 is 0 Å². The molecule has 1 fully saturated rings. The second-order valence-corrected chi connectivity index (χ2v) is 5.50. The Kier molecular flexibility index (Phi) is 3.63. The van der Waals surface area contributed by atoms with Gasteiger partial charge in [-0.2, -0.15) is 5.26 Å². The number of fused-ring (bicyclic) bond motifs is 1. The van der Waals surface area contributed by atoms with Crippen LogP contribution in [0.25, 0.3) is 0 Å². The highest BCUT2D eigenvalue weighted by molar-refractivity contribution is 8.03. The summed E-state index contributed by atoms with van der Waals surface area (Å²) in [6.07, 6.45) is 0. The van der Waals surface area contributed by atoms with Gasteiger partial charge >= 0.3 is 0 Å². The number of benzene rings is 1. The Morgan fingerprint density at radius 1 is 1.35 bits per heavy atom. The zero-order chi connectivity index (χ0) is 13.9. The van der Waals surface area contributed by atoms with Crippen LogP contribution in [0.15, 0.2) is 39.8 Å². The zero-order valence-corrected chi connectivity index (χ0v) is 11.6. The highest BCUT2D eigenvalue weighted by atomic mass is 32.2. The van der Waals surface area contributed by atoms with Crippen molar-refractivity contribution in [2.24, 2.45) is 0 Å². The van der Waals surface area contributed by atoms with Crippen molar-refractivity contribution in [2.75, 3.05) is 31.6 Å². The van der Waals surface area contributed by atoms with Crippen molar-refractivity contribution >= 4 is 23.4 Å². The van der Waals surface area contributed by atoms with E-state index in [1.807, 2.05) is 30.3 Å². The largest absolute Gasteiger partial charge is 0.378 e. The smallest absolute Gasteiger partial charge is 0.267 e. The van der Waals surface area contributed by atoms with E-state index in [-0.39, 0.29) is 11.5 Å². The van der Waals surface area contributed by atoms with Crippen molar-refractivity contribution in [3.05, 3.63) is 34.9 Å². The van der Waals surface area contributed by atoms with Crippen LogP contribution < -0.4 is 5.32 Å². The predicted molar refractivity (Wildman–Crippen MR) is 76.0 cm³/mol. The quantitative estimate of drug-likeness (QED) is 0.630. The first-order chi connectivity index (χ1) is 9.79. The molecule has 0 aromatic heterocycles. The molecule has 1 saturated heterocycles. The van der Waals surface area contributed by atoms with E-state index in [9.17, 15) is 10.1 Å². The molecule has 2 aliphatic heterocycles. The maximum atomic E-state index is 12.4. The van der Waals surface area contributed by atoms with Gasteiger partial charge in [0.05, 0.1) is 18.9 Å². The number of hydrogen-bond acceptors (Lipinski definition) is 5. The van der Waals surface area contributed by atoms with Crippen LogP contribution in [0.5, 0.6) is 0 Å². The maximum Gasteiger partial charge on any atom is 0.267 e. The molecule has 0 aliphatic carbocycles. The summed E-state index contributed by atoms with van der Waals surface area (Å²) in [5.41, 5.74) is 1.11. The Bertz CT molecular complexity index is 588. The van der Waals surface area contributed by atoms with Crippen LogP contribution in [-0.4, -0.2) is 37.1 Å². The Labute approximate surface area is 121 Å². The molecule has 1 amide bonds. The molecule has 0 atom stereocenters. The SMILES string of the molecule is N#CC(C(=O)N1CCOCC1)=C1Nc2ccccc2S1. The summed E-state index contributed by atoms with van der Waals surface area (Å²) < 4.78 is 5.23. The van der Waals surface area contributed by atoms with Crippen LogP contribution in [0.2, 0.25) is 0 Å². The highest BCUT2D eigenvalue weighted by Crippen LogP contribution is 2.42. The number of nitrogens with zero attached hydrogens (tertiary/aromatic N) is 2. The number of para-hydroxylation sites is 1. The third-order valence-electron chi connectivity index (χ3n) is 3.20. The summed E-state index contributed by atoms with van der Waals surface area (Å²) in [5.74, 6) is -0.224. The first-order valence-electron chi connectivity index (χ1n) is 6.35.